The lowest BCUT2D eigenvalue weighted by atomic mass is 9.79. The van der Waals surface area contributed by atoms with Crippen molar-refractivity contribution in [3.05, 3.63) is 35.5 Å². The number of anilines is 2. The van der Waals surface area contributed by atoms with Crippen molar-refractivity contribution in [3.63, 3.8) is 0 Å². The SMILES string of the molecule is CCCCNc1nc(N)nc2cnn(Cc3ccc(CN4CCC5(C4)CN(CCO)C5)cc3OC)c12. The van der Waals surface area contributed by atoms with E-state index >= 15 is 0 Å². The van der Waals surface area contributed by atoms with Gasteiger partial charge >= 0.3 is 0 Å². The number of ether oxygens (including phenoxy) is 1. The Morgan fingerprint density at radius 1 is 1.17 bits per heavy atom. The Morgan fingerprint density at radius 2 is 2.00 bits per heavy atom. The van der Waals surface area contributed by atoms with E-state index in [-0.39, 0.29) is 12.6 Å². The Morgan fingerprint density at radius 3 is 2.78 bits per heavy atom. The summed E-state index contributed by atoms with van der Waals surface area (Å²) in [5.41, 5.74) is 10.2. The Bertz CT molecular complexity index is 1190. The fourth-order valence-corrected chi connectivity index (χ4v) is 5.70. The predicted octanol–water partition coefficient (Wildman–Crippen LogP) is 2.18. The molecule has 194 valence electrons. The first kappa shape index (κ1) is 24.7. The highest BCUT2D eigenvalue weighted by Crippen LogP contribution is 2.40. The zero-order valence-corrected chi connectivity index (χ0v) is 21.4. The number of nitrogens with one attached hydrogen (secondary N) is 1. The molecule has 0 radical (unpaired) electrons. The molecule has 10 nitrogen and oxygen atoms in total. The summed E-state index contributed by atoms with van der Waals surface area (Å²) in [4.78, 5) is 13.7. The molecule has 10 heteroatoms. The number of hydrogen-bond acceptors (Lipinski definition) is 9. The lowest BCUT2D eigenvalue weighted by Crippen LogP contribution is -2.57. The normalized spacial score (nSPS) is 17.6. The molecule has 4 N–H and O–H groups in total. The number of nitrogens with two attached hydrogens (primary N) is 1. The molecule has 0 unspecified atom stereocenters. The molecule has 0 amide bonds. The highest BCUT2D eigenvalue weighted by atomic mass is 16.5. The maximum Gasteiger partial charge on any atom is 0.222 e. The highest BCUT2D eigenvalue weighted by molar-refractivity contribution is 5.86. The van der Waals surface area contributed by atoms with E-state index in [2.05, 4.69) is 55.3 Å². The number of β-amino-alcohol motifs (C(OH)–C–C–N with tert-alkyl or cyclic N) is 1. The average Bonchev–Trinajstić information content (AvgIpc) is 3.44. The third-order valence-electron chi connectivity index (χ3n) is 7.46. The molecule has 2 saturated heterocycles. The monoisotopic (exact) mass is 494 g/mol. The molecule has 4 heterocycles. The molecule has 0 aliphatic carbocycles. The van der Waals surface area contributed by atoms with Gasteiger partial charge in [0, 0.05) is 50.2 Å². The van der Waals surface area contributed by atoms with Crippen molar-refractivity contribution < 1.29 is 9.84 Å². The van der Waals surface area contributed by atoms with Gasteiger partial charge in [0.25, 0.3) is 0 Å². The van der Waals surface area contributed by atoms with Crippen LogP contribution in [0.4, 0.5) is 11.8 Å². The molecule has 0 saturated carbocycles. The van der Waals surface area contributed by atoms with E-state index in [4.69, 9.17) is 15.6 Å². The Kier molecular flexibility index (Phi) is 7.27. The van der Waals surface area contributed by atoms with Crippen LogP contribution in [0.3, 0.4) is 0 Å². The van der Waals surface area contributed by atoms with E-state index in [1.807, 2.05) is 4.68 Å². The fourth-order valence-electron chi connectivity index (χ4n) is 5.70. The van der Waals surface area contributed by atoms with Crippen LogP contribution in [0, 0.1) is 5.41 Å². The summed E-state index contributed by atoms with van der Waals surface area (Å²) in [5, 5.41) is 17.2. The smallest absolute Gasteiger partial charge is 0.222 e. The highest BCUT2D eigenvalue weighted by Gasteiger charge is 2.46. The molecule has 36 heavy (non-hydrogen) atoms. The minimum atomic E-state index is 0.245. The molecule has 2 aromatic heterocycles. The van der Waals surface area contributed by atoms with Crippen molar-refractivity contribution in [3.8, 4) is 5.75 Å². The second kappa shape index (κ2) is 10.6. The van der Waals surface area contributed by atoms with Crippen molar-refractivity contribution in [2.24, 2.45) is 5.41 Å². The number of nitrogen functional groups attached to an aromatic ring is 1. The van der Waals surface area contributed by atoms with Crippen molar-refractivity contribution in [2.75, 3.05) is 64.0 Å². The van der Waals surface area contributed by atoms with Crippen molar-refractivity contribution >= 4 is 22.8 Å². The van der Waals surface area contributed by atoms with Crippen LogP contribution in [0.1, 0.15) is 37.3 Å². The van der Waals surface area contributed by atoms with Gasteiger partial charge in [-0.05, 0) is 31.0 Å². The predicted molar refractivity (Wildman–Crippen MR) is 141 cm³/mol. The van der Waals surface area contributed by atoms with E-state index in [1.165, 1.54) is 12.0 Å². The van der Waals surface area contributed by atoms with Gasteiger partial charge < -0.3 is 20.9 Å². The van der Waals surface area contributed by atoms with E-state index < -0.39 is 0 Å². The Labute approximate surface area is 212 Å². The van der Waals surface area contributed by atoms with Crippen molar-refractivity contribution in [2.45, 2.75) is 39.3 Å². The van der Waals surface area contributed by atoms with Gasteiger partial charge in [-0.2, -0.15) is 10.1 Å². The summed E-state index contributed by atoms with van der Waals surface area (Å²) in [6, 6.07) is 6.49. The maximum atomic E-state index is 9.17. The van der Waals surface area contributed by atoms with Gasteiger partial charge in [0.15, 0.2) is 5.82 Å². The van der Waals surface area contributed by atoms with E-state index in [1.54, 1.807) is 13.3 Å². The van der Waals surface area contributed by atoms with Gasteiger partial charge in [-0.3, -0.25) is 14.5 Å². The lowest BCUT2D eigenvalue weighted by molar-refractivity contribution is -0.00206. The van der Waals surface area contributed by atoms with Crippen LogP contribution in [0.25, 0.3) is 11.0 Å². The summed E-state index contributed by atoms with van der Waals surface area (Å²) in [7, 11) is 1.72. The zero-order valence-electron chi connectivity index (χ0n) is 21.4. The van der Waals surface area contributed by atoms with E-state index in [9.17, 15) is 0 Å². The first-order valence-electron chi connectivity index (χ1n) is 13.0. The zero-order chi connectivity index (χ0) is 25.1. The summed E-state index contributed by atoms with van der Waals surface area (Å²) in [6.07, 6.45) is 5.12. The van der Waals surface area contributed by atoms with Gasteiger partial charge in [-0.15, -0.1) is 0 Å². The number of aliphatic hydroxyl groups is 1. The van der Waals surface area contributed by atoms with Gasteiger partial charge in [-0.25, -0.2) is 4.98 Å². The molecule has 1 spiro atoms. The Hall–Kier alpha value is -2.95. The van der Waals surface area contributed by atoms with Gasteiger partial charge in [0.05, 0.1) is 26.5 Å². The molecule has 0 atom stereocenters. The number of rotatable bonds is 11. The van der Waals surface area contributed by atoms with Crippen LogP contribution >= 0.6 is 0 Å². The van der Waals surface area contributed by atoms with Crippen LogP contribution in [0.15, 0.2) is 24.4 Å². The molecular formula is C26H38N8O2. The molecule has 2 aliphatic rings. The third kappa shape index (κ3) is 5.11. The Balaban J connectivity index is 1.29. The first-order chi connectivity index (χ1) is 17.5. The molecule has 0 bridgehead atoms. The number of methoxy groups -OCH3 is 1. The van der Waals surface area contributed by atoms with Gasteiger partial charge in [-0.1, -0.05) is 25.5 Å². The number of likely N-dealkylation sites (tertiary alicyclic amines) is 2. The summed E-state index contributed by atoms with van der Waals surface area (Å²) in [5.74, 6) is 1.82. The van der Waals surface area contributed by atoms with Crippen LogP contribution in [-0.2, 0) is 13.1 Å². The molecule has 3 aromatic rings. The van der Waals surface area contributed by atoms with Crippen LogP contribution in [0.5, 0.6) is 5.75 Å². The van der Waals surface area contributed by atoms with E-state index in [0.29, 0.717) is 12.0 Å². The van der Waals surface area contributed by atoms with E-state index in [0.717, 1.165) is 86.8 Å². The third-order valence-corrected chi connectivity index (χ3v) is 7.46. The number of unbranched alkanes of at least 4 members (excludes halogenated alkanes) is 1. The lowest BCUT2D eigenvalue weighted by Gasteiger charge is -2.48. The summed E-state index contributed by atoms with van der Waals surface area (Å²) < 4.78 is 7.71. The van der Waals surface area contributed by atoms with Crippen LogP contribution in [-0.4, -0.2) is 87.6 Å². The maximum absolute atomic E-state index is 9.17. The number of fused-ring (bicyclic) bond motifs is 1. The summed E-state index contributed by atoms with van der Waals surface area (Å²) >= 11 is 0. The second-order valence-electron chi connectivity index (χ2n) is 10.3. The van der Waals surface area contributed by atoms with Crippen molar-refractivity contribution in [1.82, 2.24) is 29.5 Å². The minimum Gasteiger partial charge on any atom is -0.496 e. The van der Waals surface area contributed by atoms with Crippen molar-refractivity contribution in [1.29, 1.82) is 0 Å². The largest absolute Gasteiger partial charge is 0.496 e. The molecular weight excluding hydrogens is 456 g/mol. The standard InChI is InChI=1S/C26H38N8O2/c1-3-4-8-28-24-23-21(30-25(27)31-24)13-29-34(23)15-20-6-5-19(12-22(20)36-2)14-32-9-7-26(16-32)17-33(18-26)10-11-35/h5-6,12-13,35H,3-4,7-11,14-18H2,1-2H3,(H3,27,28,30,31). The quantitative estimate of drug-likeness (QED) is 0.345. The van der Waals surface area contributed by atoms with Crippen LogP contribution in [0.2, 0.25) is 0 Å². The number of hydrogen-bond donors (Lipinski definition) is 3. The number of nitrogens with zero attached hydrogens (tertiary/aromatic N) is 6. The fraction of sp³-hybridized carbons (Fsp3) is 0.577. The molecule has 2 fully saturated rings. The number of aromatic nitrogens is 4. The van der Waals surface area contributed by atoms with Gasteiger partial charge in [0.2, 0.25) is 5.95 Å². The number of aliphatic hydroxyl groups excluding tert-OH is 1. The van der Waals surface area contributed by atoms with Crippen LogP contribution < -0.4 is 15.8 Å². The van der Waals surface area contributed by atoms with Gasteiger partial charge in [0.1, 0.15) is 16.8 Å². The summed E-state index contributed by atoms with van der Waals surface area (Å²) in [6.45, 7) is 9.94. The molecule has 5 rings (SSSR count). The first-order valence-corrected chi connectivity index (χ1v) is 13.0. The molecule has 2 aliphatic heterocycles. The average molecular weight is 495 g/mol. The topological polar surface area (TPSA) is 118 Å². The second-order valence-corrected chi connectivity index (χ2v) is 10.3. The minimum absolute atomic E-state index is 0.245. The number of benzene rings is 1. The molecule has 1 aromatic carbocycles.